The Morgan fingerprint density at radius 1 is 1.00 bits per heavy atom. The molecule has 128 valence electrons. The van der Waals surface area contributed by atoms with Gasteiger partial charge in [-0.05, 0) is 42.0 Å². The Hall–Kier alpha value is -1.47. The Balaban J connectivity index is 2.04. The van der Waals surface area contributed by atoms with Crippen molar-refractivity contribution in [1.29, 1.82) is 0 Å². The molecular formula is C17H16ClFO4S. The summed E-state index contributed by atoms with van der Waals surface area (Å²) in [6.45, 7) is -0.966. The maximum atomic E-state index is 13.1. The second-order valence-corrected chi connectivity index (χ2v) is 8.50. The highest BCUT2D eigenvalue weighted by molar-refractivity contribution is 7.92. The lowest BCUT2D eigenvalue weighted by molar-refractivity contribution is 0.130. The average Bonchev–Trinajstić information content (AvgIpc) is 3.26. The Morgan fingerprint density at radius 2 is 1.54 bits per heavy atom. The molecule has 0 bridgehead atoms. The molecule has 4 nitrogen and oxygen atoms in total. The van der Waals surface area contributed by atoms with Gasteiger partial charge in [0.25, 0.3) is 0 Å². The van der Waals surface area contributed by atoms with Gasteiger partial charge in [-0.1, -0.05) is 23.7 Å². The van der Waals surface area contributed by atoms with Crippen LogP contribution in [0.2, 0.25) is 5.02 Å². The van der Waals surface area contributed by atoms with E-state index in [2.05, 4.69) is 0 Å². The van der Waals surface area contributed by atoms with Gasteiger partial charge in [0.2, 0.25) is 0 Å². The molecule has 7 heteroatoms. The Morgan fingerprint density at radius 3 is 2.04 bits per heavy atom. The second-order valence-electron chi connectivity index (χ2n) is 6.00. The van der Waals surface area contributed by atoms with Gasteiger partial charge in [0.1, 0.15) is 5.82 Å². The lowest BCUT2D eigenvalue weighted by Crippen LogP contribution is -2.23. The maximum Gasteiger partial charge on any atom is 0.182 e. The van der Waals surface area contributed by atoms with Gasteiger partial charge in [-0.15, -0.1) is 0 Å². The number of rotatable bonds is 5. The van der Waals surface area contributed by atoms with Crippen molar-refractivity contribution in [1.82, 2.24) is 0 Å². The van der Waals surface area contributed by atoms with E-state index in [1.807, 2.05) is 0 Å². The van der Waals surface area contributed by atoms with Crippen molar-refractivity contribution in [3.05, 3.63) is 64.9 Å². The highest BCUT2D eigenvalue weighted by Crippen LogP contribution is 2.63. The lowest BCUT2D eigenvalue weighted by Gasteiger charge is -2.11. The summed E-state index contributed by atoms with van der Waals surface area (Å²) >= 11 is 5.80. The molecule has 1 aliphatic rings. The number of halogens is 2. The summed E-state index contributed by atoms with van der Waals surface area (Å²) < 4.78 is 39.0. The van der Waals surface area contributed by atoms with Crippen molar-refractivity contribution in [2.45, 2.75) is 16.1 Å². The van der Waals surface area contributed by atoms with E-state index in [9.17, 15) is 23.0 Å². The number of hydrogen-bond acceptors (Lipinski definition) is 4. The summed E-state index contributed by atoms with van der Waals surface area (Å²) in [5.74, 6) is -1.04. The molecule has 0 amide bonds. The first-order valence-corrected chi connectivity index (χ1v) is 9.26. The Bertz CT molecular complexity index is 830. The highest BCUT2D eigenvalue weighted by Gasteiger charge is 2.70. The number of hydrogen-bond donors (Lipinski definition) is 2. The number of aliphatic hydroxyl groups excluding tert-OH is 2. The van der Waals surface area contributed by atoms with E-state index < -0.39 is 45.5 Å². The van der Waals surface area contributed by atoms with Crippen LogP contribution in [0.25, 0.3) is 0 Å². The second kappa shape index (κ2) is 6.11. The molecule has 1 saturated carbocycles. The van der Waals surface area contributed by atoms with E-state index in [1.165, 1.54) is 48.5 Å². The van der Waals surface area contributed by atoms with Crippen molar-refractivity contribution in [2.24, 2.45) is 5.41 Å². The van der Waals surface area contributed by atoms with E-state index in [0.29, 0.717) is 10.6 Å². The zero-order valence-corrected chi connectivity index (χ0v) is 14.1. The van der Waals surface area contributed by atoms with Crippen molar-refractivity contribution < 1.29 is 23.0 Å². The fourth-order valence-electron chi connectivity index (χ4n) is 3.32. The predicted molar refractivity (Wildman–Crippen MR) is 88.2 cm³/mol. The van der Waals surface area contributed by atoms with Crippen molar-refractivity contribution in [3.8, 4) is 0 Å². The first-order chi connectivity index (χ1) is 11.4. The van der Waals surface area contributed by atoms with Crippen LogP contribution in [0.3, 0.4) is 0 Å². The summed E-state index contributed by atoms with van der Waals surface area (Å²) in [7, 11) is -3.79. The molecule has 2 aromatic carbocycles. The normalized spacial score (nSPS) is 22.3. The minimum atomic E-state index is -3.79. The van der Waals surface area contributed by atoms with Crippen LogP contribution >= 0.6 is 11.6 Å². The van der Waals surface area contributed by atoms with Gasteiger partial charge < -0.3 is 10.2 Å². The van der Waals surface area contributed by atoms with Crippen molar-refractivity contribution >= 4 is 21.4 Å². The highest BCUT2D eigenvalue weighted by atomic mass is 35.5. The molecule has 0 heterocycles. The zero-order chi connectivity index (χ0) is 17.5. The number of benzene rings is 2. The van der Waals surface area contributed by atoms with E-state index in [1.54, 1.807) is 0 Å². The number of aliphatic hydroxyl groups is 2. The molecule has 0 spiro atoms. The van der Waals surface area contributed by atoms with Crippen LogP contribution in [-0.4, -0.2) is 37.1 Å². The van der Waals surface area contributed by atoms with Crippen molar-refractivity contribution in [3.63, 3.8) is 0 Å². The molecule has 2 atom stereocenters. The molecule has 0 saturated heterocycles. The molecule has 24 heavy (non-hydrogen) atoms. The van der Waals surface area contributed by atoms with Crippen LogP contribution in [0.5, 0.6) is 0 Å². The molecule has 0 aliphatic heterocycles. The van der Waals surface area contributed by atoms with Gasteiger partial charge in [-0.3, -0.25) is 0 Å². The molecule has 2 aromatic rings. The fraction of sp³-hybridized carbons (Fsp3) is 0.294. The Kier molecular flexibility index (Phi) is 4.42. The summed E-state index contributed by atoms with van der Waals surface area (Å²) in [4.78, 5) is 0.0767. The molecular weight excluding hydrogens is 355 g/mol. The Labute approximate surface area is 144 Å². The molecule has 1 fully saturated rings. The molecule has 2 N–H and O–H groups in total. The van der Waals surface area contributed by atoms with Crippen LogP contribution in [0.4, 0.5) is 4.39 Å². The molecule has 0 radical (unpaired) electrons. The van der Waals surface area contributed by atoms with Crippen LogP contribution in [0, 0.1) is 11.2 Å². The van der Waals surface area contributed by atoms with Gasteiger partial charge in [0.05, 0.1) is 23.4 Å². The van der Waals surface area contributed by atoms with Crippen molar-refractivity contribution in [2.75, 3.05) is 13.2 Å². The topological polar surface area (TPSA) is 74.6 Å². The quantitative estimate of drug-likeness (QED) is 0.847. The average molecular weight is 371 g/mol. The summed E-state index contributed by atoms with van der Waals surface area (Å²) in [6.07, 6.45) is 0. The zero-order valence-electron chi connectivity index (χ0n) is 12.6. The smallest absolute Gasteiger partial charge is 0.182 e. The monoisotopic (exact) mass is 370 g/mol. The van der Waals surface area contributed by atoms with Gasteiger partial charge >= 0.3 is 0 Å². The molecule has 1 aliphatic carbocycles. The van der Waals surface area contributed by atoms with Crippen LogP contribution in [-0.2, 0) is 9.84 Å². The van der Waals surface area contributed by atoms with E-state index in [-0.39, 0.29) is 4.90 Å². The first-order valence-electron chi connectivity index (χ1n) is 7.33. The summed E-state index contributed by atoms with van der Waals surface area (Å²) in [5, 5.41) is 18.9. The summed E-state index contributed by atoms with van der Waals surface area (Å²) in [6, 6.07) is 11.2. The lowest BCUT2D eigenvalue weighted by atomic mass is 10.0. The van der Waals surface area contributed by atoms with Crippen LogP contribution in [0.15, 0.2) is 53.4 Å². The fourth-order valence-corrected chi connectivity index (χ4v) is 5.87. The van der Waals surface area contributed by atoms with Gasteiger partial charge in [-0.2, -0.15) is 0 Å². The third-order valence-corrected chi connectivity index (χ3v) is 7.27. The van der Waals surface area contributed by atoms with Gasteiger partial charge in [0.15, 0.2) is 9.84 Å². The standard InChI is InChI=1S/C17H16ClFO4S/c18-12-3-7-14(8-4-12)24(22,23)16-15(17(16,9-20)10-21)11-1-5-13(19)6-2-11/h1-8,15-16,20-21H,9-10H2/t15-,16-/m1/s1. The molecule has 0 unspecified atom stereocenters. The third kappa shape index (κ3) is 2.63. The van der Waals surface area contributed by atoms with E-state index in [4.69, 9.17) is 11.6 Å². The van der Waals surface area contributed by atoms with Gasteiger partial charge in [0, 0.05) is 16.4 Å². The number of sulfone groups is 1. The summed E-state index contributed by atoms with van der Waals surface area (Å²) in [5.41, 5.74) is -0.613. The van der Waals surface area contributed by atoms with Crippen LogP contribution in [0.1, 0.15) is 11.5 Å². The van der Waals surface area contributed by atoms with E-state index in [0.717, 1.165) is 0 Å². The van der Waals surface area contributed by atoms with Crippen LogP contribution < -0.4 is 0 Å². The minimum Gasteiger partial charge on any atom is -0.396 e. The SMILES string of the molecule is O=S(=O)(c1ccc(Cl)cc1)[C@@H]1[C@@H](c2ccc(F)cc2)C1(CO)CO. The predicted octanol–water partition coefficient (Wildman–Crippen LogP) is 2.39. The first kappa shape index (κ1) is 17.4. The molecule has 0 aromatic heterocycles. The maximum absolute atomic E-state index is 13.1. The molecule has 3 rings (SSSR count). The van der Waals surface area contributed by atoms with E-state index >= 15 is 0 Å². The minimum absolute atomic E-state index is 0.0767. The largest absolute Gasteiger partial charge is 0.396 e. The third-order valence-electron chi connectivity index (χ3n) is 4.67. The van der Waals surface area contributed by atoms with Gasteiger partial charge in [-0.25, -0.2) is 12.8 Å².